The molecule has 0 aromatic rings. The zero-order valence-electron chi connectivity index (χ0n) is 10.2. The highest BCUT2D eigenvalue weighted by atomic mass is 16.3. The lowest BCUT2D eigenvalue weighted by atomic mass is 9.88. The monoisotopic (exact) mass is 215 g/mol. The summed E-state index contributed by atoms with van der Waals surface area (Å²) in [6.45, 7) is 7.33. The van der Waals surface area contributed by atoms with Gasteiger partial charge in [-0.25, -0.2) is 0 Å². The van der Waals surface area contributed by atoms with E-state index in [4.69, 9.17) is 0 Å². The SMILES string of the molecule is C[C@@H]1CCC[C@H](C)N1CC(C)(CO)CO. The van der Waals surface area contributed by atoms with E-state index in [2.05, 4.69) is 18.7 Å². The molecule has 0 unspecified atom stereocenters. The van der Waals surface area contributed by atoms with Crippen molar-refractivity contribution >= 4 is 0 Å². The molecule has 2 N–H and O–H groups in total. The van der Waals surface area contributed by atoms with E-state index in [1.807, 2.05) is 6.92 Å². The van der Waals surface area contributed by atoms with E-state index >= 15 is 0 Å². The van der Waals surface area contributed by atoms with Crippen LogP contribution in [0.2, 0.25) is 0 Å². The summed E-state index contributed by atoms with van der Waals surface area (Å²) in [6, 6.07) is 1.15. The van der Waals surface area contributed by atoms with Crippen LogP contribution in [0.1, 0.15) is 40.0 Å². The van der Waals surface area contributed by atoms with Gasteiger partial charge in [-0.2, -0.15) is 0 Å². The first-order chi connectivity index (χ1) is 7.02. The number of nitrogens with zero attached hydrogens (tertiary/aromatic N) is 1. The molecule has 3 nitrogen and oxygen atoms in total. The van der Waals surface area contributed by atoms with Crippen LogP contribution in [0.3, 0.4) is 0 Å². The molecule has 0 radical (unpaired) electrons. The average Bonchev–Trinajstić information content (AvgIpc) is 2.23. The Morgan fingerprint density at radius 3 is 2.00 bits per heavy atom. The zero-order valence-corrected chi connectivity index (χ0v) is 10.2. The van der Waals surface area contributed by atoms with Crippen LogP contribution < -0.4 is 0 Å². The maximum absolute atomic E-state index is 9.30. The fraction of sp³-hybridized carbons (Fsp3) is 1.00. The van der Waals surface area contributed by atoms with E-state index in [0.717, 1.165) is 6.54 Å². The molecule has 0 saturated carbocycles. The number of aliphatic hydroxyl groups is 2. The van der Waals surface area contributed by atoms with Gasteiger partial charge in [-0.1, -0.05) is 13.3 Å². The van der Waals surface area contributed by atoms with Crippen molar-refractivity contribution < 1.29 is 10.2 Å². The van der Waals surface area contributed by atoms with Crippen molar-refractivity contribution in [3.63, 3.8) is 0 Å². The summed E-state index contributed by atoms with van der Waals surface area (Å²) in [5.74, 6) is 0. The van der Waals surface area contributed by atoms with Crippen molar-refractivity contribution in [1.29, 1.82) is 0 Å². The van der Waals surface area contributed by atoms with E-state index in [1.54, 1.807) is 0 Å². The van der Waals surface area contributed by atoms with Crippen molar-refractivity contribution in [3.05, 3.63) is 0 Å². The first-order valence-electron chi connectivity index (χ1n) is 6.00. The second kappa shape index (κ2) is 5.28. The molecule has 1 rings (SSSR count). The number of piperidine rings is 1. The number of rotatable bonds is 4. The highest BCUT2D eigenvalue weighted by Gasteiger charge is 2.32. The van der Waals surface area contributed by atoms with E-state index < -0.39 is 0 Å². The van der Waals surface area contributed by atoms with Crippen LogP contribution in [0, 0.1) is 5.41 Å². The number of aliphatic hydroxyl groups excluding tert-OH is 2. The van der Waals surface area contributed by atoms with Crippen LogP contribution in [-0.2, 0) is 0 Å². The third-order valence-electron chi connectivity index (χ3n) is 3.70. The molecule has 0 bridgehead atoms. The molecule has 1 aliphatic rings. The molecule has 0 amide bonds. The van der Waals surface area contributed by atoms with Crippen LogP contribution in [-0.4, -0.2) is 47.0 Å². The van der Waals surface area contributed by atoms with Gasteiger partial charge < -0.3 is 10.2 Å². The second-order valence-corrected chi connectivity index (χ2v) is 5.43. The third kappa shape index (κ3) is 3.16. The van der Waals surface area contributed by atoms with Crippen molar-refractivity contribution in [2.75, 3.05) is 19.8 Å². The Kier molecular flexibility index (Phi) is 4.56. The molecule has 0 aromatic heterocycles. The van der Waals surface area contributed by atoms with Crippen LogP contribution in [0.5, 0.6) is 0 Å². The van der Waals surface area contributed by atoms with Crippen LogP contribution in [0.15, 0.2) is 0 Å². The lowest BCUT2D eigenvalue weighted by Crippen LogP contribution is -2.50. The number of hydrogen-bond acceptors (Lipinski definition) is 3. The van der Waals surface area contributed by atoms with Gasteiger partial charge in [0.25, 0.3) is 0 Å². The Balaban J connectivity index is 2.61. The minimum atomic E-state index is -0.361. The zero-order chi connectivity index (χ0) is 11.5. The molecular formula is C12H25NO2. The molecule has 2 atom stereocenters. The Morgan fingerprint density at radius 1 is 1.13 bits per heavy atom. The summed E-state index contributed by atoms with van der Waals surface area (Å²) in [6.07, 6.45) is 3.77. The van der Waals surface area contributed by atoms with Crippen molar-refractivity contribution in [2.45, 2.75) is 52.1 Å². The molecule has 1 saturated heterocycles. The highest BCUT2D eigenvalue weighted by molar-refractivity contribution is 4.85. The van der Waals surface area contributed by atoms with Crippen LogP contribution in [0.25, 0.3) is 0 Å². The van der Waals surface area contributed by atoms with E-state index in [-0.39, 0.29) is 18.6 Å². The second-order valence-electron chi connectivity index (χ2n) is 5.43. The first kappa shape index (κ1) is 12.9. The lowest BCUT2D eigenvalue weighted by molar-refractivity contribution is -0.00354. The average molecular weight is 215 g/mol. The van der Waals surface area contributed by atoms with Gasteiger partial charge in [-0.3, -0.25) is 4.90 Å². The Morgan fingerprint density at radius 2 is 1.60 bits per heavy atom. The van der Waals surface area contributed by atoms with E-state index in [0.29, 0.717) is 12.1 Å². The Hall–Kier alpha value is -0.120. The summed E-state index contributed by atoms with van der Waals surface area (Å²) in [4.78, 5) is 2.43. The van der Waals surface area contributed by atoms with Gasteiger partial charge in [0.05, 0.1) is 13.2 Å². The van der Waals surface area contributed by atoms with Gasteiger partial charge in [-0.05, 0) is 26.7 Å². The molecule has 1 aliphatic heterocycles. The van der Waals surface area contributed by atoms with Crippen LogP contribution >= 0.6 is 0 Å². The number of hydrogen-bond donors (Lipinski definition) is 2. The lowest BCUT2D eigenvalue weighted by Gasteiger charge is -2.43. The molecule has 0 aliphatic carbocycles. The molecule has 90 valence electrons. The maximum Gasteiger partial charge on any atom is 0.0519 e. The number of likely N-dealkylation sites (tertiary alicyclic amines) is 1. The van der Waals surface area contributed by atoms with Crippen molar-refractivity contribution in [3.8, 4) is 0 Å². The summed E-state index contributed by atoms with van der Waals surface area (Å²) >= 11 is 0. The Labute approximate surface area is 93.1 Å². The normalized spacial score (nSPS) is 29.4. The van der Waals surface area contributed by atoms with Gasteiger partial charge in [-0.15, -0.1) is 0 Å². The smallest absolute Gasteiger partial charge is 0.0519 e. The molecule has 15 heavy (non-hydrogen) atoms. The standard InChI is InChI=1S/C12H25NO2/c1-10-5-4-6-11(2)13(10)7-12(3,8-14)9-15/h10-11,14-15H,4-9H2,1-3H3/t10-,11+. The fourth-order valence-corrected chi connectivity index (χ4v) is 2.38. The van der Waals surface area contributed by atoms with Gasteiger partial charge in [0.15, 0.2) is 0 Å². The van der Waals surface area contributed by atoms with Crippen molar-refractivity contribution in [2.24, 2.45) is 5.41 Å². The predicted molar refractivity (Wildman–Crippen MR) is 61.8 cm³/mol. The maximum atomic E-state index is 9.30. The van der Waals surface area contributed by atoms with Gasteiger partial charge in [0.2, 0.25) is 0 Å². The minimum absolute atomic E-state index is 0.0550. The summed E-state index contributed by atoms with van der Waals surface area (Å²) in [5.41, 5.74) is -0.361. The highest BCUT2D eigenvalue weighted by Crippen LogP contribution is 2.27. The molecule has 0 aromatic carbocycles. The largest absolute Gasteiger partial charge is 0.396 e. The predicted octanol–water partition coefficient (Wildman–Crippen LogP) is 1.24. The quantitative estimate of drug-likeness (QED) is 0.741. The van der Waals surface area contributed by atoms with E-state index in [9.17, 15) is 10.2 Å². The Bertz CT molecular complexity index is 182. The van der Waals surface area contributed by atoms with Gasteiger partial charge in [0.1, 0.15) is 0 Å². The topological polar surface area (TPSA) is 43.7 Å². The molecule has 1 fully saturated rings. The van der Waals surface area contributed by atoms with Gasteiger partial charge in [0, 0.05) is 24.0 Å². The molecule has 0 spiro atoms. The van der Waals surface area contributed by atoms with Gasteiger partial charge >= 0.3 is 0 Å². The summed E-state index contributed by atoms with van der Waals surface area (Å²) < 4.78 is 0. The molecular weight excluding hydrogens is 190 g/mol. The molecule has 3 heteroatoms. The van der Waals surface area contributed by atoms with Crippen molar-refractivity contribution in [1.82, 2.24) is 4.90 Å². The molecule has 1 heterocycles. The third-order valence-corrected chi connectivity index (χ3v) is 3.70. The minimum Gasteiger partial charge on any atom is -0.396 e. The summed E-state index contributed by atoms with van der Waals surface area (Å²) in [5, 5.41) is 18.6. The summed E-state index contributed by atoms with van der Waals surface area (Å²) in [7, 11) is 0. The van der Waals surface area contributed by atoms with E-state index in [1.165, 1.54) is 19.3 Å². The first-order valence-corrected chi connectivity index (χ1v) is 6.00. The fourth-order valence-electron chi connectivity index (χ4n) is 2.38. The van der Waals surface area contributed by atoms with Crippen LogP contribution in [0.4, 0.5) is 0 Å².